The van der Waals surface area contributed by atoms with Crippen molar-refractivity contribution in [2.45, 2.75) is 37.1 Å². The minimum atomic E-state index is -0.615. The Hall–Kier alpha value is -1.20. The van der Waals surface area contributed by atoms with Gasteiger partial charge in [-0.1, -0.05) is 19.1 Å². The van der Waals surface area contributed by atoms with Crippen molar-refractivity contribution in [2.75, 3.05) is 19.4 Å². The third-order valence-corrected chi connectivity index (χ3v) is 4.40. The highest BCUT2D eigenvalue weighted by Crippen LogP contribution is 2.29. The lowest BCUT2D eigenvalue weighted by atomic mass is 9.95. The van der Waals surface area contributed by atoms with Gasteiger partial charge in [-0.25, -0.2) is 0 Å². The molecule has 1 amide bonds. The fourth-order valence-electron chi connectivity index (χ4n) is 2.03. The third kappa shape index (κ3) is 4.72. The van der Waals surface area contributed by atoms with E-state index < -0.39 is 5.54 Å². The molecule has 0 aromatic heterocycles. The molecule has 0 fully saturated rings. The van der Waals surface area contributed by atoms with Gasteiger partial charge >= 0.3 is 0 Å². The van der Waals surface area contributed by atoms with Crippen LogP contribution in [-0.4, -0.2) is 30.9 Å². The number of nitrogens with one attached hydrogen (secondary N) is 1. The number of para-hydroxylation sites is 1. The Balaban J connectivity index is 2.46. The van der Waals surface area contributed by atoms with Gasteiger partial charge in [0.25, 0.3) is 0 Å². The number of carbonyl (C=O) groups excluding carboxylic acids is 1. The van der Waals surface area contributed by atoms with Crippen LogP contribution in [0.3, 0.4) is 0 Å². The number of methoxy groups -OCH3 is 1. The lowest BCUT2D eigenvalue weighted by Gasteiger charge is -2.26. The minimum Gasteiger partial charge on any atom is -0.496 e. The van der Waals surface area contributed by atoms with Crippen molar-refractivity contribution in [3.8, 4) is 5.75 Å². The molecule has 0 bridgehead atoms. The molecule has 4 nitrogen and oxygen atoms in total. The average Bonchev–Trinajstić information content (AvgIpc) is 2.44. The predicted octanol–water partition coefficient (Wildman–Crippen LogP) is 2.42. The second kappa shape index (κ2) is 8.17. The van der Waals surface area contributed by atoms with Crippen LogP contribution < -0.4 is 15.8 Å². The summed E-state index contributed by atoms with van der Waals surface area (Å²) in [6.07, 6.45) is 1.65. The lowest BCUT2D eigenvalue weighted by molar-refractivity contribution is -0.124. The van der Waals surface area contributed by atoms with Crippen LogP contribution in [0.2, 0.25) is 0 Å². The summed E-state index contributed by atoms with van der Waals surface area (Å²) < 4.78 is 5.31. The standard InChI is InChI=1S/C15H24N2O2S/c1-4-17-15(2,14(16)18)10-7-11-20-13-9-6-5-8-12(13)19-3/h5-6,8-9,17H,4,7,10-11H2,1-3H3,(H2,16,18). The van der Waals surface area contributed by atoms with E-state index in [1.54, 1.807) is 18.9 Å². The Morgan fingerprint density at radius 2 is 2.15 bits per heavy atom. The molecule has 1 atom stereocenters. The van der Waals surface area contributed by atoms with Gasteiger partial charge in [-0.05, 0) is 44.2 Å². The molecular formula is C15H24N2O2S. The summed E-state index contributed by atoms with van der Waals surface area (Å²) in [7, 11) is 1.68. The van der Waals surface area contributed by atoms with E-state index in [0.29, 0.717) is 0 Å². The topological polar surface area (TPSA) is 64.3 Å². The smallest absolute Gasteiger partial charge is 0.237 e. The molecule has 0 saturated carbocycles. The molecular weight excluding hydrogens is 272 g/mol. The van der Waals surface area contributed by atoms with Gasteiger partial charge in [-0.3, -0.25) is 4.79 Å². The van der Waals surface area contributed by atoms with Crippen LogP contribution in [-0.2, 0) is 4.79 Å². The molecule has 1 unspecified atom stereocenters. The van der Waals surface area contributed by atoms with Crippen molar-refractivity contribution in [3.63, 3.8) is 0 Å². The Labute approximate surface area is 125 Å². The fraction of sp³-hybridized carbons (Fsp3) is 0.533. The van der Waals surface area contributed by atoms with Gasteiger partial charge in [-0.15, -0.1) is 11.8 Å². The zero-order valence-corrected chi connectivity index (χ0v) is 13.3. The number of hydrogen-bond acceptors (Lipinski definition) is 4. The number of primary amides is 1. The molecule has 0 aliphatic rings. The van der Waals surface area contributed by atoms with E-state index in [4.69, 9.17) is 10.5 Å². The normalized spacial score (nSPS) is 13.8. The number of likely N-dealkylation sites (N-methyl/N-ethyl adjacent to an activating group) is 1. The van der Waals surface area contributed by atoms with E-state index in [1.165, 1.54) is 0 Å². The second-order valence-electron chi connectivity index (χ2n) is 4.83. The van der Waals surface area contributed by atoms with Crippen LogP contribution in [0.25, 0.3) is 0 Å². The van der Waals surface area contributed by atoms with E-state index in [-0.39, 0.29) is 5.91 Å². The van der Waals surface area contributed by atoms with Crippen molar-refractivity contribution in [2.24, 2.45) is 5.73 Å². The highest BCUT2D eigenvalue weighted by molar-refractivity contribution is 7.99. The van der Waals surface area contributed by atoms with Crippen LogP contribution in [0, 0.1) is 0 Å². The van der Waals surface area contributed by atoms with Crippen LogP contribution in [0.4, 0.5) is 0 Å². The summed E-state index contributed by atoms with van der Waals surface area (Å²) in [4.78, 5) is 12.6. The first-order valence-electron chi connectivity index (χ1n) is 6.84. The number of amides is 1. The molecule has 112 valence electrons. The van der Waals surface area contributed by atoms with E-state index in [0.717, 1.165) is 35.8 Å². The van der Waals surface area contributed by atoms with Gasteiger partial charge in [-0.2, -0.15) is 0 Å². The Bertz CT molecular complexity index is 440. The first kappa shape index (κ1) is 16.9. The van der Waals surface area contributed by atoms with Gasteiger partial charge in [0.1, 0.15) is 5.75 Å². The minimum absolute atomic E-state index is 0.290. The van der Waals surface area contributed by atoms with Crippen LogP contribution in [0.5, 0.6) is 5.75 Å². The quantitative estimate of drug-likeness (QED) is 0.542. The maximum absolute atomic E-state index is 11.5. The molecule has 1 rings (SSSR count). The number of hydrogen-bond donors (Lipinski definition) is 2. The highest BCUT2D eigenvalue weighted by Gasteiger charge is 2.28. The Kier molecular flexibility index (Phi) is 6.88. The van der Waals surface area contributed by atoms with Gasteiger partial charge < -0.3 is 15.8 Å². The lowest BCUT2D eigenvalue weighted by Crippen LogP contribution is -2.53. The van der Waals surface area contributed by atoms with E-state index in [9.17, 15) is 4.79 Å². The SMILES string of the molecule is CCNC(C)(CCCSc1ccccc1OC)C(N)=O. The Morgan fingerprint density at radius 1 is 1.45 bits per heavy atom. The largest absolute Gasteiger partial charge is 0.496 e. The van der Waals surface area contributed by atoms with Crippen LogP contribution >= 0.6 is 11.8 Å². The fourth-order valence-corrected chi connectivity index (χ4v) is 3.01. The molecule has 0 aliphatic heterocycles. The average molecular weight is 296 g/mol. The maximum atomic E-state index is 11.5. The molecule has 0 spiro atoms. The molecule has 5 heteroatoms. The van der Waals surface area contributed by atoms with Gasteiger partial charge in [0, 0.05) is 4.90 Å². The third-order valence-electron chi connectivity index (χ3n) is 3.26. The molecule has 0 aliphatic carbocycles. The number of nitrogens with two attached hydrogens (primary N) is 1. The maximum Gasteiger partial charge on any atom is 0.237 e. The monoisotopic (exact) mass is 296 g/mol. The van der Waals surface area contributed by atoms with Crippen LogP contribution in [0.15, 0.2) is 29.2 Å². The van der Waals surface area contributed by atoms with Crippen molar-refractivity contribution < 1.29 is 9.53 Å². The Morgan fingerprint density at radius 3 is 2.75 bits per heavy atom. The summed E-state index contributed by atoms with van der Waals surface area (Å²) in [5.74, 6) is 1.53. The number of carbonyl (C=O) groups is 1. The van der Waals surface area contributed by atoms with Crippen molar-refractivity contribution >= 4 is 17.7 Å². The summed E-state index contributed by atoms with van der Waals surface area (Å²) in [5, 5.41) is 3.17. The highest BCUT2D eigenvalue weighted by atomic mass is 32.2. The zero-order valence-electron chi connectivity index (χ0n) is 12.4. The number of rotatable bonds is 9. The molecule has 0 heterocycles. The van der Waals surface area contributed by atoms with Crippen molar-refractivity contribution in [3.05, 3.63) is 24.3 Å². The van der Waals surface area contributed by atoms with E-state index in [1.807, 2.05) is 38.1 Å². The van der Waals surface area contributed by atoms with Crippen molar-refractivity contribution in [1.82, 2.24) is 5.32 Å². The second-order valence-corrected chi connectivity index (χ2v) is 5.97. The number of thioether (sulfide) groups is 1. The number of benzene rings is 1. The molecule has 0 saturated heterocycles. The summed E-state index contributed by atoms with van der Waals surface area (Å²) >= 11 is 1.74. The first-order chi connectivity index (χ1) is 9.53. The number of ether oxygens (including phenoxy) is 1. The first-order valence-corrected chi connectivity index (χ1v) is 7.83. The summed E-state index contributed by atoms with van der Waals surface area (Å²) in [6.45, 7) is 4.58. The summed E-state index contributed by atoms with van der Waals surface area (Å²) in [5.41, 5.74) is 4.85. The molecule has 1 aromatic carbocycles. The molecule has 20 heavy (non-hydrogen) atoms. The molecule has 1 aromatic rings. The van der Waals surface area contributed by atoms with Crippen molar-refractivity contribution in [1.29, 1.82) is 0 Å². The van der Waals surface area contributed by atoms with Crippen LogP contribution in [0.1, 0.15) is 26.7 Å². The van der Waals surface area contributed by atoms with E-state index >= 15 is 0 Å². The van der Waals surface area contributed by atoms with E-state index in [2.05, 4.69) is 5.32 Å². The zero-order chi connectivity index (χ0) is 15.0. The molecule has 0 radical (unpaired) electrons. The van der Waals surface area contributed by atoms with Gasteiger partial charge in [0.05, 0.1) is 12.6 Å². The van der Waals surface area contributed by atoms with Gasteiger partial charge in [0.15, 0.2) is 0 Å². The predicted molar refractivity (Wildman–Crippen MR) is 84.2 cm³/mol. The molecule has 3 N–H and O–H groups in total. The van der Waals surface area contributed by atoms with Gasteiger partial charge in [0.2, 0.25) is 5.91 Å². The summed E-state index contributed by atoms with van der Waals surface area (Å²) in [6, 6.07) is 7.95.